The molecular formula is C9H5ClN2O4. The van der Waals surface area contributed by atoms with Gasteiger partial charge in [0.15, 0.2) is 0 Å². The van der Waals surface area contributed by atoms with Crippen LogP contribution < -0.4 is 0 Å². The fourth-order valence-corrected chi connectivity index (χ4v) is 1.39. The van der Waals surface area contributed by atoms with Crippen LogP contribution in [0.2, 0.25) is 5.02 Å². The van der Waals surface area contributed by atoms with Gasteiger partial charge in [-0.3, -0.25) is 14.9 Å². The second kappa shape index (κ2) is 4.59. The number of benzene rings is 1. The van der Waals surface area contributed by atoms with Crippen LogP contribution in [-0.4, -0.2) is 16.0 Å². The minimum atomic E-state index is -1.17. The second-order valence-corrected chi connectivity index (χ2v) is 3.31. The average molecular weight is 241 g/mol. The summed E-state index contributed by atoms with van der Waals surface area (Å²) in [5.74, 6) is -1.17. The molecule has 0 spiro atoms. The molecule has 0 unspecified atom stereocenters. The Morgan fingerprint density at radius 3 is 2.69 bits per heavy atom. The van der Waals surface area contributed by atoms with Gasteiger partial charge in [-0.1, -0.05) is 11.6 Å². The predicted molar refractivity (Wildman–Crippen MR) is 54.2 cm³/mol. The summed E-state index contributed by atoms with van der Waals surface area (Å²) in [6, 6.07) is 3.84. The molecule has 0 saturated heterocycles. The van der Waals surface area contributed by atoms with Gasteiger partial charge in [0.05, 0.1) is 23.0 Å². The molecule has 0 heterocycles. The van der Waals surface area contributed by atoms with Gasteiger partial charge in [0.1, 0.15) is 5.02 Å². The predicted octanol–water partition coefficient (Wildman–Crippen LogP) is 1.75. The third kappa shape index (κ3) is 2.46. The number of rotatable bonds is 3. The molecule has 0 aromatic heterocycles. The first-order valence-electron chi connectivity index (χ1n) is 4.04. The van der Waals surface area contributed by atoms with Crippen LogP contribution in [0.4, 0.5) is 5.69 Å². The van der Waals surface area contributed by atoms with Crippen molar-refractivity contribution in [2.45, 2.75) is 6.42 Å². The Bertz CT molecular complexity index is 507. The fraction of sp³-hybridized carbons (Fsp3) is 0.111. The standard InChI is InChI=1S/C9H5ClN2O4/c10-7-1-6(4-11)5(3-9(13)14)2-8(7)12(15)16/h1-2H,3H2,(H,13,14). The Hall–Kier alpha value is -2.13. The molecule has 16 heavy (non-hydrogen) atoms. The number of nitro groups is 1. The van der Waals surface area contributed by atoms with Crippen molar-refractivity contribution < 1.29 is 14.8 Å². The second-order valence-electron chi connectivity index (χ2n) is 2.90. The summed E-state index contributed by atoms with van der Waals surface area (Å²) in [5.41, 5.74) is -0.305. The van der Waals surface area contributed by atoms with Gasteiger partial charge in [0.2, 0.25) is 0 Å². The lowest BCUT2D eigenvalue weighted by Crippen LogP contribution is -2.03. The van der Waals surface area contributed by atoms with Crippen molar-refractivity contribution in [3.05, 3.63) is 38.4 Å². The maximum atomic E-state index is 10.6. The van der Waals surface area contributed by atoms with Gasteiger partial charge < -0.3 is 5.11 Å². The Morgan fingerprint density at radius 1 is 1.62 bits per heavy atom. The number of hydrogen-bond donors (Lipinski definition) is 1. The number of carbonyl (C=O) groups is 1. The summed E-state index contributed by atoms with van der Waals surface area (Å²) in [6.45, 7) is 0. The van der Waals surface area contributed by atoms with E-state index in [0.29, 0.717) is 0 Å². The molecule has 1 rings (SSSR count). The molecule has 1 aromatic rings. The largest absolute Gasteiger partial charge is 0.481 e. The normalized spacial score (nSPS) is 9.50. The van der Waals surface area contributed by atoms with Gasteiger partial charge in [-0.25, -0.2) is 0 Å². The molecule has 0 amide bonds. The minimum Gasteiger partial charge on any atom is -0.481 e. The third-order valence-electron chi connectivity index (χ3n) is 1.83. The van der Waals surface area contributed by atoms with Gasteiger partial charge >= 0.3 is 5.97 Å². The van der Waals surface area contributed by atoms with E-state index >= 15 is 0 Å². The molecule has 1 N–H and O–H groups in total. The van der Waals surface area contributed by atoms with E-state index in [-0.39, 0.29) is 16.1 Å². The van der Waals surface area contributed by atoms with Gasteiger partial charge in [-0.2, -0.15) is 5.26 Å². The molecule has 7 heteroatoms. The zero-order valence-electron chi connectivity index (χ0n) is 7.81. The van der Waals surface area contributed by atoms with Crippen LogP contribution in [0.3, 0.4) is 0 Å². The topological polar surface area (TPSA) is 104 Å². The highest BCUT2D eigenvalue weighted by atomic mass is 35.5. The summed E-state index contributed by atoms with van der Waals surface area (Å²) in [7, 11) is 0. The first-order valence-corrected chi connectivity index (χ1v) is 4.42. The zero-order chi connectivity index (χ0) is 12.3. The van der Waals surface area contributed by atoms with E-state index in [9.17, 15) is 14.9 Å². The molecule has 0 fully saturated rings. The lowest BCUT2D eigenvalue weighted by molar-refractivity contribution is -0.384. The molecule has 0 aliphatic carbocycles. The first-order chi connectivity index (χ1) is 7.45. The van der Waals surface area contributed by atoms with E-state index in [0.717, 1.165) is 12.1 Å². The van der Waals surface area contributed by atoms with E-state index in [4.69, 9.17) is 22.0 Å². The highest BCUT2D eigenvalue weighted by molar-refractivity contribution is 6.32. The number of carboxylic acids is 1. The van der Waals surface area contributed by atoms with Gasteiger partial charge in [-0.15, -0.1) is 0 Å². The van der Waals surface area contributed by atoms with Crippen molar-refractivity contribution in [1.29, 1.82) is 5.26 Å². The summed E-state index contributed by atoms with van der Waals surface area (Å²) in [6.07, 6.45) is -0.457. The SMILES string of the molecule is N#Cc1cc(Cl)c([N+](=O)[O-])cc1CC(=O)O. The monoisotopic (exact) mass is 240 g/mol. The number of aliphatic carboxylic acids is 1. The van der Waals surface area contributed by atoms with E-state index in [2.05, 4.69) is 0 Å². The van der Waals surface area contributed by atoms with Gasteiger partial charge in [0.25, 0.3) is 5.69 Å². The van der Waals surface area contributed by atoms with Crippen molar-refractivity contribution in [3.63, 3.8) is 0 Å². The Labute approximate surface area is 94.8 Å². The molecule has 0 atom stereocenters. The van der Waals surface area contributed by atoms with Crippen molar-refractivity contribution >= 4 is 23.3 Å². The summed E-state index contributed by atoms with van der Waals surface area (Å²) < 4.78 is 0. The maximum Gasteiger partial charge on any atom is 0.307 e. The van der Waals surface area contributed by atoms with Gasteiger partial charge in [0, 0.05) is 6.07 Å². The Morgan fingerprint density at radius 2 is 2.25 bits per heavy atom. The van der Waals surface area contributed by atoms with E-state index in [1.807, 2.05) is 0 Å². The summed E-state index contributed by atoms with van der Waals surface area (Å²) in [4.78, 5) is 20.3. The van der Waals surface area contributed by atoms with Crippen LogP contribution >= 0.6 is 11.6 Å². The van der Waals surface area contributed by atoms with E-state index in [1.54, 1.807) is 6.07 Å². The molecule has 82 valence electrons. The van der Waals surface area contributed by atoms with Crippen LogP contribution in [0.1, 0.15) is 11.1 Å². The number of nitro benzene ring substituents is 1. The molecule has 0 radical (unpaired) electrons. The van der Waals surface area contributed by atoms with Crippen molar-refractivity contribution in [2.24, 2.45) is 0 Å². The lowest BCUT2D eigenvalue weighted by Gasteiger charge is -2.02. The minimum absolute atomic E-state index is 0.0259. The van der Waals surface area contributed by atoms with E-state index in [1.165, 1.54) is 0 Å². The van der Waals surface area contributed by atoms with Crippen molar-refractivity contribution in [1.82, 2.24) is 0 Å². The third-order valence-corrected chi connectivity index (χ3v) is 2.13. The van der Waals surface area contributed by atoms with Crippen LogP contribution in [0.5, 0.6) is 0 Å². The fourth-order valence-electron chi connectivity index (χ4n) is 1.16. The maximum absolute atomic E-state index is 10.6. The first kappa shape index (κ1) is 11.9. The molecule has 0 aliphatic heterocycles. The van der Waals surface area contributed by atoms with Crippen molar-refractivity contribution in [3.8, 4) is 6.07 Å². The Balaban J connectivity index is 3.35. The number of carboxylic acid groups (broad SMARTS) is 1. The highest BCUT2D eigenvalue weighted by Crippen LogP contribution is 2.28. The Kier molecular flexibility index (Phi) is 3.43. The summed E-state index contributed by atoms with van der Waals surface area (Å²) >= 11 is 5.57. The molecular weight excluding hydrogens is 236 g/mol. The number of halogens is 1. The molecule has 1 aromatic carbocycles. The number of nitriles is 1. The smallest absolute Gasteiger partial charge is 0.307 e. The molecule has 0 aliphatic rings. The average Bonchev–Trinajstić information content (AvgIpc) is 2.18. The zero-order valence-corrected chi connectivity index (χ0v) is 8.56. The van der Waals surface area contributed by atoms with Gasteiger partial charge in [-0.05, 0) is 11.6 Å². The molecule has 0 bridgehead atoms. The highest BCUT2D eigenvalue weighted by Gasteiger charge is 2.18. The van der Waals surface area contributed by atoms with Crippen LogP contribution in [0, 0.1) is 21.4 Å². The lowest BCUT2D eigenvalue weighted by atomic mass is 10.0. The molecule has 0 saturated carbocycles. The van der Waals surface area contributed by atoms with Crippen LogP contribution in [0.15, 0.2) is 12.1 Å². The van der Waals surface area contributed by atoms with Crippen LogP contribution in [0.25, 0.3) is 0 Å². The quantitative estimate of drug-likeness (QED) is 0.640. The van der Waals surface area contributed by atoms with Crippen LogP contribution in [-0.2, 0) is 11.2 Å². The number of hydrogen-bond acceptors (Lipinski definition) is 4. The number of nitrogens with zero attached hydrogens (tertiary/aromatic N) is 2. The van der Waals surface area contributed by atoms with E-state index < -0.39 is 23.0 Å². The molecule has 6 nitrogen and oxygen atoms in total. The summed E-state index contributed by atoms with van der Waals surface area (Å²) in [5, 5.41) is 27.7. The van der Waals surface area contributed by atoms with Crippen molar-refractivity contribution in [2.75, 3.05) is 0 Å².